The van der Waals surface area contributed by atoms with Crippen molar-refractivity contribution < 1.29 is 14.6 Å². The summed E-state index contributed by atoms with van der Waals surface area (Å²) >= 11 is 0. The maximum Gasteiger partial charge on any atom is 0.312 e. The molecule has 0 saturated heterocycles. The molecule has 3 nitrogen and oxygen atoms in total. The fraction of sp³-hybridized carbons (Fsp3) is 0.750. The number of hydrogen-bond donors (Lipinski definition) is 1. The Hall–Kier alpha value is -1.51. The molecule has 0 aromatic heterocycles. The number of carbonyl (C=O) groups excluding carboxylic acids is 1. The standard InChI is InChI=1S/C18H30O2.C10H14O/c1-5-15-14-8-12-7-13(9-14)11-18(15,10-12)20-16(19)17(3,4)6-2;1-3-8(2)9-4-6-10(11)7-5-9/h12-15H,5-11H2,1-4H3;4-8,11H,3H2,1-2H3. The lowest BCUT2D eigenvalue weighted by Gasteiger charge is -2.60. The second-order valence-electron chi connectivity index (χ2n) is 11.2. The van der Waals surface area contributed by atoms with Gasteiger partial charge in [0.2, 0.25) is 0 Å². The SMILES string of the molecule is CCC(C)c1ccc(O)cc1.CCC1C2CC3CC(C2)CC1(OC(=O)C(C)(C)CC)C3. The van der Waals surface area contributed by atoms with Crippen molar-refractivity contribution >= 4 is 5.97 Å². The number of phenols is 1. The first kappa shape index (κ1) is 24.1. The fourth-order valence-electron chi connectivity index (χ4n) is 6.44. The molecule has 0 heterocycles. The maximum atomic E-state index is 12.6. The van der Waals surface area contributed by atoms with Crippen molar-refractivity contribution in [2.75, 3.05) is 0 Å². The van der Waals surface area contributed by atoms with Crippen molar-refractivity contribution in [3.63, 3.8) is 0 Å². The van der Waals surface area contributed by atoms with Crippen molar-refractivity contribution in [3.05, 3.63) is 29.8 Å². The predicted molar refractivity (Wildman–Crippen MR) is 127 cm³/mol. The molecule has 0 radical (unpaired) electrons. The van der Waals surface area contributed by atoms with Crippen LogP contribution in [0, 0.1) is 29.1 Å². The highest BCUT2D eigenvalue weighted by Gasteiger charge is 2.59. The highest BCUT2D eigenvalue weighted by molar-refractivity contribution is 5.76. The molecule has 4 atom stereocenters. The zero-order chi connectivity index (χ0) is 22.8. The number of aromatic hydroxyl groups is 1. The molecule has 1 N–H and O–H groups in total. The summed E-state index contributed by atoms with van der Waals surface area (Å²) in [5.41, 5.74) is 0.861. The van der Waals surface area contributed by atoms with Gasteiger partial charge in [-0.15, -0.1) is 0 Å². The summed E-state index contributed by atoms with van der Waals surface area (Å²) in [5.74, 6) is 4.07. The average molecular weight is 429 g/mol. The topological polar surface area (TPSA) is 46.5 Å². The summed E-state index contributed by atoms with van der Waals surface area (Å²) in [5, 5.41) is 9.01. The van der Waals surface area contributed by atoms with E-state index in [0.717, 1.165) is 43.4 Å². The van der Waals surface area contributed by atoms with Crippen LogP contribution in [0.1, 0.15) is 104 Å². The van der Waals surface area contributed by atoms with Crippen molar-refractivity contribution in [2.24, 2.45) is 29.1 Å². The predicted octanol–water partition coefficient (Wildman–Crippen LogP) is 7.48. The quantitative estimate of drug-likeness (QED) is 0.478. The highest BCUT2D eigenvalue weighted by atomic mass is 16.6. The molecule has 0 aliphatic heterocycles. The van der Waals surface area contributed by atoms with E-state index in [0.29, 0.717) is 17.6 Å². The normalized spacial score (nSPS) is 32.2. The lowest BCUT2D eigenvalue weighted by Crippen LogP contribution is -2.59. The van der Waals surface area contributed by atoms with E-state index in [1.807, 2.05) is 26.0 Å². The molecule has 4 fully saturated rings. The van der Waals surface area contributed by atoms with E-state index in [2.05, 4.69) is 27.7 Å². The zero-order valence-corrected chi connectivity index (χ0v) is 20.6. The monoisotopic (exact) mass is 428 g/mol. The Labute approximate surface area is 190 Å². The third-order valence-corrected chi connectivity index (χ3v) is 8.70. The number of esters is 1. The van der Waals surface area contributed by atoms with E-state index in [1.54, 1.807) is 12.1 Å². The second-order valence-corrected chi connectivity index (χ2v) is 11.2. The lowest BCUT2D eigenvalue weighted by molar-refractivity contribution is -0.216. The van der Waals surface area contributed by atoms with E-state index < -0.39 is 0 Å². The first-order valence-corrected chi connectivity index (χ1v) is 12.7. The van der Waals surface area contributed by atoms with Gasteiger partial charge in [0.05, 0.1) is 5.41 Å². The third kappa shape index (κ3) is 5.12. The minimum Gasteiger partial charge on any atom is -0.508 e. The van der Waals surface area contributed by atoms with Gasteiger partial charge >= 0.3 is 5.97 Å². The van der Waals surface area contributed by atoms with Crippen molar-refractivity contribution in [3.8, 4) is 5.75 Å². The maximum absolute atomic E-state index is 12.6. The molecule has 4 aliphatic carbocycles. The number of carbonyl (C=O) groups is 1. The van der Waals surface area contributed by atoms with E-state index >= 15 is 0 Å². The number of rotatable bonds is 6. The number of hydrogen-bond acceptors (Lipinski definition) is 3. The van der Waals surface area contributed by atoms with Crippen LogP contribution < -0.4 is 0 Å². The molecule has 4 unspecified atom stereocenters. The first-order valence-electron chi connectivity index (χ1n) is 12.7. The van der Waals surface area contributed by atoms with Gasteiger partial charge in [0.15, 0.2) is 0 Å². The molecule has 4 aliphatic rings. The van der Waals surface area contributed by atoms with E-state index in [-0.39, 0.29) is 17.0 Å². The molecule has 174 valence electrons. The summed E-state index contributed by atoms with van der Waals surface area (Å²) < 4.78 is 6.27. The van der Waals surface area contributed by atoms with Crippen LogP contribution in [-0.2, 0) is 9.53 Å². The molecule has 0 spiro atoms. The number of phenolic OH excluding ortho intramolecular Hbond substituents is 1. The van der Waals surface area contributed by atoms with Crippen LogP contribution in [0.25, 0.3) is 0 Å². The van der Waals surface area contributed by atoms with Crippen LogP contribution in [0.3, 0.4) is 0 Å². The Kier molecular flexibility index (Phi) is 7.43. The smallest absolute Gasteiger partial charge is 0.312 e. The van der Waals surface area contributed by atoms with Gasteiger partial charge in [-0.05, 0) is 107 Å². The Bertz CT molecular complexity index is 721. The highest BCUT2D eigenvalue weighted by Crippen LogP contribution is 2.61. The van der Waals surface area contributed by atoms with Crippen LogP contribution in [0.15, 0.2) is 24.3 Å². The summed E-state index contributed by atoms with van der Waals surface area (Å²) in [6.07, 6.45) is 9.64. The van der Waals surface area contributed by atoms with E-state index in [9.17, 15) is 4.79 Å². The molecule has 1 aromatic rings. The van der Waals surface area contributed by atoms with Crippen LogP contribution >= 0.6 is 0 Å². The number of benzene rings is 1. The van der Waals surface area contributed by atoms with Crippen molar-refractivity contribution in [2.45, 2.75) is 104 Å². The van der Waals surface area contributed by atoms with Crippen molar-refractivity contribution in [1.82, 2.24) is 0 Å². The van der Waals surface area contributed by atoms with Gasteiger partial charge in [0.1, 0.15) is 11.4 Å². The minimum absolute atomic E-state index is 0.0420. The minimum atomic E-state index is -0.332. The summed E-state index contributed by atoms with van der Waals surface area (Å²) in [7, 11) is 0. The molecule has 5 rings (SSSR count). The Morgan fingerprint density at radius 1 is 1.10 bits per heavy atom. The van der Waals surface area contributed by atoms with E-state index in [4.69, 9.17) is 9.84 Å². The van der Waals surface area contributed by atoms with Crippen LogP contribution in [-0.4, -0.2) is 16.7 Å². The van der Waals surface area contributed by atoms with Crippen LogP contribution in [0.4, 0.5) is 0 Å². The first-order chi connectivity index (χ1) is 14.6. The van der Waals surface area contributed by atoms with Crippen molar-refractivity contribution in [1.29, 1.82) is 0 Å². The summed E-state index contributed by atoms with van der Waals surface area (Å²) in [6, 6.07) is 7.43. The Morgan fingerprint density at radius 3 is 2.16 bits per heavy atom. The molecule has 3 heteroatoms. The molecule has 4 saturated carbocycles. The summed E-state index contributed by atoms with van der Waals surface area (Å²) in [6.45, 7) is 12.8. The fourth-order valence-corrected chi connectivity index (χ4v) is 6.44. The van der Waals surface area contributed by atoms with Gasteiger partial charge in [-0.25, -0.2) is 0 Å². The molecule has 1 aromatic carbocycles. The molecule has 31 heavy (non-hydrogen) atoms. The lowest BCUT2D eigenvalue weighted by atomic mass is 9.49. The largest absolute Gasteiger partial charge is 0.508 e. The zero-order valence-electron chi connectivity index (χ0n) is 20.6. The van der Waals surface area contributed by atoms with Gasteiger partial charge in [-0.2, -0.15) is 0 Å². The summed E-state index contributed by atoms with van der Waals surface area (Å²) in [4.78, 5) is 12.6. The third-order valence-electron chi connectivity index (χ3n) is 8.70. The van der Waals surface area contributed by atoms with Gasteiger partial charge < -0.3 is 9.84 Å². The van der Waals surface area contributed by atoms with Crippen LogP contribution in [0.5, 0.6) is 5.75 Å². The average Bonchev–Trinajstić information content (AvgIpc) is 2.73. The Morgan fingerprint density at radius 2 is 1.68 bits per heavy atom. The van der Waals surface area contributed by atoms with Gasteiger partial charge in [0.25, 0.3) is 0 Å². The second kappa shape index (κ2) is 9.55. The van der Waals surface area contributed by atoms with E-state index in [1.165, 1.54) is 31.2 Å². The van der Waals surface area contributed by atoms with Gasteiger partial charge in [0, 0.05) is 5.92 Å². The number of ether oxygens (including phenoxy) is 1. The molecular formula is C28H44O3. The Balaban J connectivity index is 0.000000210. The van der Waals surface area contributed by atoms with Gasteiger partial charge in [-0.3, -0.25) is 4.79 Å². The molecular weight excluding hydrogens is 384 g/mol. The molecule has 0 amide bonds. The van der Waals surface area contributed by atoms with Crippen LogP contribution in [0.2, 0.25) is 0 Å². The van der Waals surface area contributed by atoms with Gasteiger partial charge in [-0.1, -0.05) is 39.8 Å². The molecule has 4 bridgehead atoms.